The van der Waals surface area contributed by atoms with Gasteiger partial charge >= 0.3 is 0 Å². The average Bonchev–Trinajstić information content (AvgIpc) is 2.94. The van der Waals surface area contributed by atoms with Crippen LogP contribution in [0.3, 0.4) is 0 Å². The topological polar surface area (TPSA) is 68.0 Å². The number of thioether (sulfide) groups is 1. The fourth-order valence-corrected chi connectivity index (χ4v) is 2.53. The molecule has 1 heterocycles. The van der Waals surface area contributed by atoms with Crippen molar-refractivity contribution in [1.82, 2.24) is 15.5 Å². The molecule has 1 amide bonds. The highest BCUT2D eigenvalue weighted by Gasteiger charge is 2.12. The average molecular weight is 370 g/mol. The molecule has 2 aromatic rings. The molecule has 1 aromatic carbocycles. The number of nitrogens with zero attached hydrogens (tertiary/aromatic N) is 2. The zero-order chi connectivity index (χ0) is 15.2. The van der Waals surface area contributed by atoms with Crippen LogP contribution in [0.1, 0.15) is 20.3 Å². The minimum Gasteiger partial charge on any atom is -0.411 e. The third-order valence-corrected chi connectivity index (χ3v) is 4.14. The fourth-order valence-electron chi connectivity index (χ4n) is 1.55. The molecule has 21 heavy (non-hydrogen) atoms. The van der Waals surface area contributed by atoms with Gasteiger partial charge in [-0.1, -0.05) is 40.7 Å². The zero-order valence-electron chi connectivity index (χ0n) is 11.8. The second-order valence-electron chi connectivity index (χ2n) is 4.55. The van der Waals surface area contributed by atoms with Crippen molar-refractivity contribution in [1.29, 1.82) is 0 Å². The second kappa shape index (κ2) is 7.61. The third-order valence-electron chi connectivity index (χ3n) is 2.82. The summed E-state index contributed by atoms with van der Waals surface area (Å²) in [5.41, 5.74) is 0.841. The van der Waals surface area contributed by atoms with Crippen molar-refractivity contribution in [2.24, 2.45) is 0 Å². The standard InChI is InChI=1S/C14H16BrN3O2S/c1-3-9(2)16-12(19)8-21-14-18-17-13(20-14)10-5-4-6-11(15)7-10/h4-7,9H,3,8H2,1-2H3,(H,16,19)/t9-/m1/s1. The maximum absolute atomic E-state index is 11.7. The molecule has 1 aromatic heterocycles. The van der Waals surface area contributed by atoms with Gasteiger partial charge in [0.05, 0.1) is 5.75 Å². The summed E-state index contributed by atoms with van der Waals surface area (Å²) in [6.45, 7) is 4.00. The molecule has 0 saturated heterocycles. The molecule has 7 heteroatoms. The lowest BCUT2D eigenvalue weighted by Gasteiger charge is -2.09. The molecule has 5 nitrogen and oxygen atoms in total. The molecule has 0 spiro atoms. The summed E-state index contributed by atoms with van der Waals surface area (Å²) in [5.74, 6) is 0.683. The summed E-state index contributed by atoms with van der Waals surface area (Å²) in [5, 5.41) is 11.2. The SMILES string of the molecule is CC[C@@H](C)NC(=O)CSc1nnc(-c2cccc(Br)c2)o1. The monoisotopic (exact) mass is 369 g/mol. The molecule has 0 radical (unpaired) electrons. The molecule has 0 fully saturated rings. The summed E-state index contributed by atoms with van der Waals surface area (Å²) >= 11 is 4.63. The van der Waals surface area contributed by atoms with Crippen LogP contribution in [0.25, 0.3) is 11.5 Å². The highest BCUT2D eigenvalue weighted by molar-refractivity contribution is 9.10. The van der Waals surface area contributed by atoms with Crippen LogP contribution in [0, 0.1) is 0 Å². The first-order valence-electron chi connectivity index (χ1n) is 6.60. The van der Waals surface area contributed by atoms with Crippen LogP contribution in [0.15, 0.2) is 38.4 Å². The number of carbonyl (C=O) groups excluding carboxylic acids is 1. The van der Waals surface area contributed by atoms with Gasteiger partial charge in [0.2, 0.25) is 11.8 Å². The van der Waals surface area contributed by atoms with Crippen LogP contribution >= 0.6 is 27.7 Å². The van der Waals surface area contributed by atoms with E-state index in [9.17, 15) is 4.79 Å². The first-order chi connectivity index (χ1) is 10.1. The van der Waals surface area contributed by atoms with Crippen LogP contribution in [0.4, 0.5) is 0 Å². The lowest BCUT2D eigenvalue weighted by Crippen LogP contribution is -2.33. The predicted molar refractivity (Wildman–Crippen MR) is 86.1 cm³/mol. The Hall–Kier alpha value is -1.34. The fraction of sp³-hybridized carbons (Fsp3) is 0.357. The van der Waals surface area contributed by atoms with E-state index >= 15 is 0 Å². The van der Waals surface area contributed by atoms with E-state index in [1.165, 1.54) is 11.8 Å². The molecule has 1 N–H and O–H groups in total. The third kappa shape index (κ3) is 4.86. The van der Waals surface area contributed by atoms with E-state index in [4.69, 9.17) is 4.42 Å². The van der Waals surface area contributed by atoms with Crippen molar-refractivity contribution >= 4 is 33.6 Å². The summed E-state index contributed by atoms with van der Waals surface area (Å²) in [6.07, 6.45) is 0.907. The highest BCUT2D eigenvalue weighted by Crippen LogP contribution is 2.25. The Kier molecular flexibility index (Phi) is 5.81. The van der Waals surface area contributed by atoms with Crippen molar-refractivity contribution in [3.8, 4) is 11.5 Å². The van der Waals surface area contributed by atoms with Crippen LogP contribution in [-0.4, -0.2) is 27.9 Å². The van der Waals surface area contributed by atoms with Crippen LogP contribution < -0.4 is 5.32 Å². The second-order valence-corrected chi connectivity index (χ2v) is 6.39. The summed E-state index contributed by atoms with van der Waals surface area (Å²) in [4.78, 5) is 11.7. The first-order valence-corrected chi connectivity index (χ1v) is 8.38. The Balaban J connectivity index is 1.93. The summed E-state index contributed by atoms with van der Waals surface area (Å²) in [7, 11) is 0. The van der Waals surface area contributed by atoms with E-state index in [1.807, 2.05) is 38.1 Å². The van der Waals surface area contributed by atoms with Gasteiger partial charge in [-0.05, 0) is 31.5 Å². The number of halogens is 1. The summed E-state index contributed by atoms with van der Waals surface area (Å²) < 4.78 is 6.49. The van der Waals surface area contributed by atoms with Gasteiger partial charge in [0, 0.05) is 16.1 Å². The highest BCUT2D eigenvalue weighted by atomic mass is 79.9. The van der Waals surface area contributed by atoms with Crippen molar-refractivity contribution in [2.75, 3.05) is 5.75 Å². The quantitative estimate of drug-likeness (QED) is 0.789. The number of rotatable bonds is 6. The van der Waals surface area contributed by atoms with E-state index < -0.39 is 0 Å². The van der Waals surface area contributed by atoms with E-state index in [0.29, 0.717) is 11.1 Å². The smallest absolute Gasteiger partial charge is 0.277 e. The van der Waals surface area contributed by atoms with Gasteiger partial charge < -0.3 is 9.73 Å². The number of carbonyl (C=O) groups is 1. The van der Waals surface area contributed by atoms with Crippen molar-refractivity contribution in [3.05, 3.63) is 28.7 Å². The number of nitrogens with one attached hydrogen (secondary N) is 1. The van der Waals surface area contributed by atoms with Gasteiger partial charge in [-0.25, -0.2) is 0 Å². The molecule has 0 aliphatic rings. The minimum absolute atomic E-state index is 0.0310. The van der Waals surface area contributed by atoms with Crippen LogP contribution in [-0.2, 0) is 4.79 Å². The first kappa shape index (κ1) is 16.0. The predicted octanol–water partition coefficient (Wildman–Crippen LogP) is 3.51. The number of hydrogen-bond acceptors (Lipinski definition) is 5. The normalized spacial score (nSPS) is 12.1. The number of amides is 1. The van der Waals surface area contributed by atoms with Crippen LogP contribution in [0.5, 0.6) is 0 Å². The van der Waals surface area contributed by atoms with Gasteiger partial charge in [-0.15, -0.1) is 10.2 Å². The Morgan fingerprint density at radius 1 is 1.48 bits per heavy atom. The Bertz CT molecular complexity index is 618. The molecule has 0 saturated carbocycles. The van der Waals surface area contributed by atoms with Crippen molar-refractivity contribution in [3.63, 3.8) is 0 Å². The van der Waals surface area contributed by atoms with Crippen LogP contribution in [0.2, 0.25) is 0 Å². The molecule has 0 aliphatic heterocycles. The number of benzene rings is 1. The molecule has 1 atom stereocenters. The van der Waals surface area contributed by atoms with E-state index in [1.54, 1.807) is 0 Å². The Labute approximate surface area is 136 Å². The maximum atomic E-state index is 11.7. The van der Waals surface area contributed by atoms with E-state index in [2.05, 4.69) is 31.4 Å². The Morgan fingerprint density at radius 2 is 2.29 bits per heavy atom. The number of hydrogen-bond donors (Lipinski definition) is 1. The van der Waals surface area contributed by atoms with E-state index in [-0.39, 0.29) is 17.7 Å². The van der Waals surface area contributed by atoms with Gasteiger partial charge in [-0.2, -0.15) is 0 Å². The zero-order valence-corrected chi connectivity index (χ0v) is 14.2. The largest absolute Gasteiger partial charge is 0.411 e. The molecular formula is C14H16BrN3O2S. The van der Waals surface area contributed by atoms with Gasteiger partial charge in [0.25, 0.3) is 5.22 Å². The van der Waals surface area contributed by atoms with E-state index in [0.717, 1.165) is 16.5 Å². The number of aromatic nitrogens is 2. The molecular weight excluding hydrogens is 354 g/mol. The van der Waals surface area contributed by atoms with Gasteiger partial charge in [0.1, 0.15) is 0 Å². The van der Waals surface area contributed by atoms with Gasteiger partial charge in [0.15, 0.2) is 0 Å². The molecule has 2 rings (SSSR count). The maximum Gasteiger partial charge on any atom is 0.277 e. The summed E-state index contributed by atoms with van der Waals surface area (Å²) in [6, 6.07) is 7.79. The lowest BCUT2D eigenvalue weighted by molar-refractivity contribution is -0.119. The van der Waals surface area contributed by atoms with Crippen molar-refractivity contribution < 1.29 is 9.21 Å². The molecule has 0 bridgehead atoms. The lowest BCUT2D eigenvalue weighted by atomic mass is 10.2. The molecule has 0 unspecified atom stereocenters. The van der Waals surface area contributed by atoms with Gasteiger partial charge in [-0.3, -0.25) is 4.79 Å². The van der Waals surface area contributed by atoms with Crippen molar-refractivity contribution in [2.45, 2.75) is 31.5 Å². The molecule has 0 aliphatic carbocycles. The Morgan fingerprint density at radius 3 is 3.00 bits per heavy atom. The minimum atomic E-state index is -0.0310. The molecule has 112 valence electrons.